The number of guanidine groups is 1. The molecule has 2 aromatic rings. The van der Waals surface area contributed by atoms with Gasteiger partial charge in [0.2, 0.25) is 5.91 Å². The fourth-order valence-corrected chi connectivity index (χ4v) is 5.06. The van der Waals surface area contributed by atoms with Crippen LogP contribution in [0.5, 0.6) is 0 Å². The highest BCUT2D eigenvalue weighted by molar-refractivity contribution is 7.15. The van der Waals surface area contributed by atoms with Gasteiger partial charge in [0.1, 0.15) is 0 Å². The Balaban J connectivity index is 1.78. The molecule has 1 aliphatic carbocycles. The molecule has 0 unspecified atom stereocenters. The summed E-state index contributed by atoms with van der Waals surface area (Å²) < 4.78 is 0. The van der Waals surface area contributed by atoms with Gasteiger partial charge < -0.3 is 5.32 Å². The van der Waals surface area contributed by atoms with E-state index in [1.54, 1.807) is 24.5 Å². The first-order valence-corrected chi connectivity index (χ1v) is 9.11. The predicted octanol–water partition coefficient (Wildman–Crippen LogP) is 3.20. The van der Waals surface area contributed by atoms with E-state index in [-0.39, 0.29) is 11.9 Å². The first-order valence-electron chi connectivity index (χ1n) is 8.29. The van der Waals surface area contributed by atoms with Gasteiger partial charge in [0.15, 0.2) is 5.96 Å². The van der Waals surface area contributed by atoms with Crippen molar-refractivity contribution in [3.8, 4) is 16.5 Å². The first-order chi connectivity index (χ1) is 12.0. The van der Waals surface area contributed by atoms with Crippen molar-refractivity contribution in [2.75, 3.05) is 7.05 Å². The standard InChI is InChI=1S/C19H18N4OS/c1-23-17(24)10-19(22-18(23)21)7-3-6-15-14(19)9-16(25-15)13-5-2-4-12(8-13)11-20/h2,4-5,8-9H,3,6-7,10H2,1H3,(H2,21,22)/t19-/m0/s1. The van der Waals surface area contributed by atoms with Gasteiger partial charge in [0, 0.05) is 16.8 Å². The van der Waals surface area contributed by atoms with Crippen LogP contribution >= 0.6 is 11.3 Å². The van der Waals surface area contributed by atoms with Gasteiger partial charge in [-0.1, -0.05) is 12.1 Å². The second kappa shape index (κ2) is 5.71. The van der Waals surface area contributed by atoms with E-state index < -0.39 is 5.54 Å². The Kier molecular flexibility index (Phi) is 3.62. The van der Waals surface area contributed by atoms with Gasteiger partial charge in [-0.15, -0.1) is 11.3 Å². The number of hydrogen-bond acceptors (Lipinski definition) is 4. The first kappa shape index (κ1) is 15.9. The molecule has 1 atom stereocenters. The van der Waals surface area contributed by atoms with Gasteiger partial charge in [-0.05, 0) is 48.6 Å². The molecular formula is C19H18N4OS. The van der Waals surface area contributed by atoms with Crippen LogP contribution in [0, 0.1) is 16.7 Å². The third kappa shape index (κ3) is 2.52. The summed E-state index contributed by atoms with van der Waals surface area (Å²) in [5, 5.41) is 20.5. The van der Waals surface area contributed by atoms with E-state index in [4.69, 9.17) is 10.7 Å². The number of nitrogens with one attached hydrogen (secondary N) is 2. The fraction of sp³-hybridized carbons (Fsp3) is 0.316. The quantitative estimate of drug-likeness (QED) is 0.829. The average Bonchev–Trinajstić information content (AvgIpc) is 3.06. The van der Waals surface area contributed by atoms with E-state index in [2.05, 4.69) is 17.5 Å². The van der Waals surface area contributed by atoms with E-state index >= 15 is 0 Å². The summed E-state index contributed by atoms with van der Waals surface area (Å²) in [7, 11) is 1.64. The van der Waals surface area contributed by atoms with Crippen molar-refractivity contribution in [2.45, 2.75) is 31.2 Å². The van der Waals surface area contributed by atoms with Crippen LogP contribution in [0.1, 0.15) is 35.3 Å². The zero-order valence-corrected chi connectivity index (χ0v) is 14.7. The molecule has 1 aromatic heterocycles. The van der Waals surface area contributed by atoms with Crippen LogP contribution in [-0.2, 0) is 16.8 Å². The van der Waals surface area contributed by atoms with Crippen molar-refractivity contribution in [1.29, 1.82) is 10.7 Å². The van der Waals surface area contributed by atoms with E-state index in [9.17, 15) is 4.79 Å². The molecule has 126 valence electrons. The van der Waals surface area contributed by atoms with Crippen LogP contribution in [0.2, 0.25) is 0 Å². The summed E-state index contributed by atoms with van der Waals surface area (Å²) in [5.74, 6) is 0.152. The zero-order chi connectivity index (χ0) is 17.6. The molecule has 6 heteroatoms. The predicted molar refractivity (Wildman–Crippen MR) is 97.3 cm³/mol. The molecule has 0 saturated carbocycles. The summed E-state index contributed by atoms with van der Waals surface area (Å²) in [6, 6.07) is 12.0. The number of hydrogen-bond donors (Lipinski definition) is 2. The summed E-state index contributed by atoms with van der Waals surface area (Å²) >= 11 is 1.73. The number of thiophene rings is 1. The Morgan fingerprint density at radius 1 is 1.40 bits per heavy atom. The van der Waals surface area contributed by atoms with Crippen LogP contribution in [0.3, 0.4) is 0 Å². The van der Waals surface area contributed by atoms with Crippen molar-refractivity contribution >= 4 is 23.2 Å². The third-order valence-electron chi connectivity index (χ3n) is 5.13. The minimum atomic E-state index is -0.462. The second-order valence-corrected chi connectivity index (χ2v) is 7.82. The lowest BCUT2D eigenvalue weighted by Crippen LogP contribution is -2.60. The number of nitrogens with zero attached hydrogens (tertiary/aromatic N) is 2. The van der Waals surface area contributed by atoms with Gasteiger partial charge in [-0.2, -0.15) is 5.26 Å². The van der Waals surface area contributed by atoms with Gasteiger partial charge in [0.25, 0.3) is 0 Å². The maximum Gasteiger partial charge on any atom is 0.231 e. The molecule has 25 heavy (non-hydrogen) atoms. The lowest BCUT2D eigenvalue weighted by atomic mass is 9.76. The van der Waals surface area contributed by atoms with Gasteiger partial charge in [-0.25, -0.2) is 0 Å². The topological polar surface area (TPSA) is 80.0 Å². The molecule has 0 bridgehead atoms. The SMILES string of the molecule is CN1C(=N)N[C@@]2(CCCc3sc(-c4cccc(C#N)c4)cc32)CC1=O. The number of rotatable bonds is 1. The normalized spacial score (nSPS) is 22.5. The largest absolute Gasteiger partial charge is 0.346 e. The molecule has 5 nitrogen and oxygen atoms in total. The summed E-state index contributed by atoms with van der Waals surface area (Å²) in [4.78, 5) is 16.1. The van der Waals surface area contributed by atoms with Crippen LogP contribution < -0.4 is 5.32 Å². The second-order valence-electron chi connectivity index (χ2n) is 6.68. The van der Waals surface area contributed by atoms with Gasteiger partial charge in [-0.3, -0.25) is 15.1 Å². The molecule has 1 spiro atoms. The van der Waals surface area contributed by atoms with Crippen molar-refractivity contribution in [3.63, 3.8) is 0 Å². The van der Waals surface area contributed by atoms with Gasteiger partial charge in [0.05, 0.1) is 23.6 Å². The molecule has 2 aliphatic rings. The minimum absolute atomic E-state index is 0.0178. The molecule has 0 radical (unpaired) electrons. The molecule has 1 fully saturated rings. The number of fused-ring (bicyclic) bond motifs is 2. The Hall–Kier alpha value is -2.65. The fourth-order valence-electron chi connectivity index (χ4n) is 3.76. The highest BCUT2D eigenvalue weighted by Crippen LogP contribution is 2.46. The van der Waals surface area contributed by atoms with Crippen molar-refractivity contribution < 1.29 is 4.79 Å². The van der Waals surface area contributed by atoms with Crippen molar-refractivity contribution in [2.24, 2.45) is 0 Å². The molecule has 1 saturated heterocycles. The maximum absolute atomic E-state index is 12.4. The minimum Gasteiger partial charge on any atom is -0.346 e. The number of amides is 1. The molecule has 1 aliphatic heterocycles. The Morgan fingerprint density at radius 3 is 3.00 bits per heavy atom. The summed E-state index contributed by atoms with van der Waals surface area (Å²) in [6.07, 6.45) is 3.24. The maximum atomic E-state index is 12.4. The van der Waals surface area contributed by atoms with Crippen LogP contribution in [-0.4, -0.2) is 23.8 Å². The lowest BCUT2D eigenvalue weighted by molar-refractivity contribution is -0.129. The average molecular weight is 350 g/mol. The number of aryl methyl sites for hydroxylation is 1. The highest BCUT2D eigenvalue weighted by Gasteiger charge is 2.45. The monoisotopic (exact) mass is 350 g/mol. The number of benzene rings is 1. The van der Waals surface area contributed by atoms with E-state index in [1.165, 1.54) is 9.78 Å². The summed E-state index contributed by atoms with van der Waals surface area (Å²) in [5.41, 5.74) is 2.36. The van der Waals surface area contributed by atoms with E-state index in [0.29, 0.717) is 12.0 Å². The van der Waals surface area contributed by atoms with Crippen LogP contribution in [0.15, 0.2) is 30.3 Å². The molecule has 2 heterocycles. The Labute approximate surface area is 150 Å². The third-order valence-corrected chi connectivity index (χ3v) is 6.37. The molecular weight excluding hydrogens is 332 g/mol. The van der Waals surface area contributed by atoms with E-state index in [0.717, 1.165) is 35.3 Å². The summed E-state index contributed by atoms with van der Waals surface area (Å²) in [6.45, 7) is 0. The van der Waals surface area contributed by atoms with Crippen molar-refractivity contribution in [1.82, 2.24) is 10.2 Å². The van der Waals surface area contributed by atoms with Crippen molar-refractivity contribution in [3.05, 3.63) is 46.3 Å². The smallest absolute Gasteiger partial charge is 0.231 e. The molecule has 1 amide bonds. The molecule has 1 aromatic carbocycles. The van der Waals surface area contributed by atoms with Crippen LogP contribution in [0.25, 0.3) is 10.4 Å². The van der Waals surface area contributed by atoms with Crippen LogP contribution in [0.4, 0.5) is 0 Å². The number of carbonyl (C=O) groups excluding carboxylic acids is 1. The molecule has 4 rings (SSSR count). The Bertz CT molecular complexity index is 906. The zero-order valence-electron chi connectivity index (χ0n) is 13.9. The van der Waals surface area contributed by atoms with E-state index in [1.807, 2.05) is 18.2 Å². The highest BCUT2D eigenvalue weighted by atomic mass is 32.1. The lowest BCUT2D eigenvalue weighted by Gasteiger charge is -2.44. The number of nitriles is 1. The molecule has 2 N–H and O–H groups in total. The number of carbonyl (C=O) groups is 1. The van der Waals surface area contributed by atoms with Gasteiger partial charge >= 0.3 is 0 Å². The Morgan fingerprint density at radius 2 is 2.24 bits per heavy atom.